The van der Waals surface area contributed by atoms with E-state index in [0.29, 0.717) is 10.6 Å². The second-order valence-electron chi connectivity index (χ2n) is 6.82. The van der Waals surface area contributed by atoms with E-state index in [1.807, 2.05) is 36.6 Å². The van der Waals surface area contributed by atoms with Crippen molar-refractivity contribution in [2.45, 2.75) is 36.1 Å². The van der Waals surface area contributed by atoms with Gasteiger partial charge in [0.25, 0.3) is 0 Å². The van der Waals surface area contributed by atoms with Crippen LogP contribution in [0.4, 0.5) is 0 Å². The van der Waals surface area contributed by atoms with Crippen LogP contribution in [0.2, 0.25) is 5.02 Å². The number of esters is 1. The van der Waals surface area contributed by atoms with Gasteiger partial charge in [-0.1, -0.05) is 41.9 Å². The molecule has 0 saturated carbocycles. The Balaban J connectivity index is 1.50. The third-order valence-electron chi connectivity index (χ3n) is 4.94. The zero-order valence-electron chi connectivity index (χ0n) is 15.6. The molecule has 2 heterocycles. The first-order chi connectivity index (χ1) is 14.1. The van der Waals surface area contributed by atoms with Crippen LogP contribution < -0.4 is 0 Å². The molecule has 2 saturated heterocycles. The summed E-state index contributed by atoms with van der Waals surface area (Å²) in [6.07, 6.45) is -1.86. The third kappa shape index (κ3) is 4.45. The molecule has 4 rings (SSSR count). The van der Waals surface area contributed by atoms with Gasteiger partial charge >= 0.3 is 5.97 Å². The van der Waals surface area contributed by atoms with Crippen molar-refractivity contribution in [2.24, 2.45) is 0 Å². The van der Waals surface area contributed by atoms with Crippen molar-refractivity contribution in [2.75, 3.05) is 12.9 Å². The van der Waals surface area contributed by atoms with Gasteiger partial charge in [-0.25, -0.2) is 4.79 Å². The van der Waals surface area contributed by atoms with E-state index >= 15 is 0 Å². The molecule has 2 aliphatic rings. The van der Waals surface area contributed by atoms with E-state index in [-0.39, 0.29) is 6.61 Å². The van der Waals surface area contributed by atoms with Crippen LogP contribution in [0.5, 0.6) is 0 Å². The molecule has 8 heteroatoms. The lowest BCUT2D eigenvalue weighted by Gasteiger charge is -2.47. The molecule has 0 radical (unpaired) electrons. The Kier molecular flexibility index (Phi) is 6.44. The van der Waals surface area contributed by atoms with Crippen LogP contribution in [-0.4, -0.2) is 53.8 Å². The Hall–Kier alpha value is -1.61. The smallest absolute Gasteiger partial charge is 0.338 e. The molecule has 2 aromatic carbocycles. The van der Waals surface area contributed by atoms with Crippen molar-refractivity contribution in [3.05, 3.63) is 70.7 Å². The van der Waals surface area contributed by atoms with Crippen molar-refractivity contribution in [3.63, 3.8) is 0 Å². The van der Waals surface area contributed by atoms with Crippen molar-refractivity contribution < 1.29 is 28.8 Å². The number of aliphatic hydroxyl groups is 1. The Labute approximate surface area is 178 Å². The van der Waals surface area contributed by atoms with Crippen LogP contribution in [0.1, 0.15) is 22.2 Å². The number of rotatable bonds is 4. The number of carbonyl (C=O) groups excluding carboxylic acids is 1. The lowest BCUT2D eigenvalue weighted by Crippen LogP contribution is -2.61. The molecular formula is C21H21ClO6S. The molecule has 154 valence electrons. The zero-order chi connectivity index (χ0) is 20.4. The second-order valence-corrected chi connectivity index (χ2v) is 8.20. The fourth-order valence-corrected chi connectivity index (χ4v) is 4.30. The third-order valence-corrected chi connectivity index (χ3v) is 6.03. The van der Waals surface area contributed by atoms with Gasteiger partial charge in [0.1, 0.15) is 23.7 Å². The molecule has 0 aromatic heterocycles. The minimum absolute atomic E-state index is 0.274. The van der Waals surface area contributed by atoms with Crippen molar-refractivity contribution >= 4 is 29.3 Å². The van der Waals surface area contributed by atoms with E-state index < -0.39 is 42.1 Å². The Morgan fingerprint density at radius 2 is 1.86 bits per heavy atom. The monoisotopic (exact) mass is 436 g/mol. The molecule has 2 fully saturated rings. The molecule has 1 N–H and O–H groups in total. The fourth-order valence-electron chi connectivity index (χ4n) is 3.44. The van der Waals surface area contributed by atoms with Gasteiger partial charge < -0.3 is 24.1 Å². The minimum atomic E-state index is -1.06. The minimum Gasteiger partial charge on any atom is -0.452 e. The Morgan fingerprint density at radius 3 is 2.55 bits per heavy atom. The topological polar surface area (TPSA) is 74.2 Å². The number of fused-ring (bicyclic) bond motifs is 1. The summed E-state index contributed by atoms with van der Waals surface area (Å²) in [7, 11) is 0. The standard InChI is InChI=1S/C21H21ClO6S/c1-29-21-18(27-19(24)12-7-9-14(22)10-8-12)16(23)17-15(26-21)11-25-20(28-17)13-5-3-2-4-6-13/h2-10,15-18,20-21,23H,11H2,1H3. The lowest BCUT2D eigenvalue weighted by molar-refractivity contribution is -0.317. The highest BCUT2D eigenvalue weighted by molar-refractivity contribution is 7.99. The van der Waals surface area contributed by atoms with Crippen LogP contribution in [0.3, 0.4) is 0 Å². The Bertz CT molecular complexity index is 833. The van der Waals surface area contributed by atoms with Gasteiger partial charge in [0.2, 0.25) is 0 Å². The summed E-state index contributed by atoms with van der Waals surface area (Å²) in [6.45, 7) is 0.274. The summed E-state index contributed by atoms with van der Waals surface area (Å²) >= 11 is 7.23. The van der Waals surface area contributed by atoms with Crippen LogP contribution in [0.25, 0.3) is 0 Å². The molecule has 29 heavy (non-hydrogen) atoms. The van der Waals surface area contributed by atoms with Gasteiger partial charge in [-0.15, -0.1) is 11.8 Å². The molecule has 2 aliphatic heterocycles. The average Bonchev–Trinajstić information content (AvgIpc) is 2.76. The molecule has 0 spiro atoms. The van der Waals surface area contributed by atoms with Gasteiger partial charge in [-0.05, 0) is 30.5 Å². The molecule has 6 unspecified atom stereocenters. The number of carbonyl (C=O) groups is 1. The number of benzene rings is 2. The first-order valence-corrected chi connectivity index (χ1v) is 10.9. The molecular weight excluding hydrogens is 416 g/mol. The number of hydrogen-bond acceptors (Lipinski definition) is 7. The zero-order valence-corrected chi connectivity index (χ0v) is 17.2. The van der Waals surface area contributed by atoms with Gasteiger partial charge in [0.15, 0.2) is 12.4 Å². The maximum Gasteiger partial charge on any atom is 0.338 e. The van der Waals surface area contributed by atoms with Crippen molar-refractivity contribution in [1.29, 1.82) is 0 Å². The first-order valence-electron chi connectivity index (χ1n) is 9.21. The van der Waals surface area contributed by atoms with Gasteiger partial charge in [0.05, 0.1) is 12.2 Å². The SMILES string of the molecule is CSC1OC2COC(c3ccccc3)OC2C(O)C1OC(=O)c1ccc(Cl)cc1. The molecule has 2 aromatic rings. The maximum absolute atomic E-state index is 12.6. The van der Waals surface area contributed by atoms with E-state index in [1.165, 1.54) is 11.8 Å². The highest BCUT2D eigenvalue weighted by Gasteiger charge is 2.50. The van der Waals surface area contributed by atoms with E-state index in [9.17, 15) is 9.90 Å². The van der Waals surface area contributed by atoms with Gasteiger partial charge in [0, 0.05) is 10.6 Å². The number of aliphatic hydroxyl groups excluding tert-OH is 1. The molecule has 0 amide bonds. The summed E-state index contributed by atoms with van der Waals surface area (Å²) < 4.78 is 23.4. The summed E-state index contributed by atoms with van der Waals surface area (Å²) in [5.41, 5.74) is 0.654. The van der Waals surface area contributed by atoms with E-state index in [1.54, 1.807) is 24.3 Å². The van der Waals surface area contributed by atoms with Gasteiger partial charge in [-0.2, -0.15) is 0 Å². The predicted molar refractivity (Wildman–Crippen MR) is 109 cm³/mol. The molecule has 6 atom stereocenters. The van der Waals surface area contributed by atoms with Crippen LogP contribution in [0.15, 0.2) is 54.6 Å². The number of ether oxygens (including phenoxy) is 4. The highest BCUT2D eigenvalue weighted by Crippen LogP contribution is 2.37. The van der Waals surface area contributed by atoms with Crippen LogP contribution in [-0.2, 0) is 18.9 Å². The van der Waals surface area contributed by atoms with E-state index in [0.717, 1.165) is 5.56 Å². The van der Waals surface area contributed by atoms with Gasteiger partial charge in [-0.3, -0.25) is 0 Å². The predicted octanol–water partition coefficient (Wildman–Crippen LogP) is 3.43. The fraction of sp³-hybridized carbons (Fsp3) is 0.381. The molecule has 0 aliphatic carbocycles. The van der Waals surface area contributed by atoms with Crippen LogP contribution >= 0.6 is 23.4 Å². The van der Waals surface area contributed by atoms with Crippen molar-refractivity contribution in [1.82, 2.24) is 0 Å². The summed E-state index contributed by atoms with van der Waals surface area (Å²) in [6, 6.07) is 15.9. The molecule has 0 bridgehead atoms. The van der Waals surface area contributed by atoms with Crippen LogP contribution in [0, 0.1) is 0 Å². The quantitative estimate of drug-likeness (QED) is 0.736. The average molecular weight is 437 g/mol. The lowest BCUT2D eigenvalue weighted by atomic mass is 9.98. The first kappa shape index (κ1) is 20.7. The number of halogens is 1. The Morgan fingerprint density at radius 1 is 1.14 bits per heavy atom. The molecule has 6 nitrogen and oxygen atoms in total. The van der Waals surface area contributed by atoms with E-state index in [2.05, 4.69) is 0 Å². The normalized spacial score (nSPS) is 31.7. The summed E-state index contributed by atoms with van der Waals surface area (Å²) in [5, 5.41) is 11.5. The highest BCUT2D eigenvalue weighted by atomic mass is 35.5. The summed E-state index contributed by atoms with van der Waals surface area (Å²) in [5.74, 6) is -0.557. The number of hydrogen-bond donors (Lipinski definition) is 1. The largest absolute Gasteiger partial charge is 0.452 e. The number of thioether (sulfide) groups is 1. The summed E-state index contributed by atoms with van der Waals surface area (Å²) in [4.78, 5) is 12.6. The van der Waals surface area contributed by atoms with E-state index in [4.69, 9.17) is 30.5 Å². The van der Waals surface area contributed by atoms with Crippen molar-refractivity contribution in [3.8, 4) is 0 Å². The second kappa shape index (κ2) is 9.04. The maximum atomic E-state index is 12.6.